The first-order chi connectivity index (χ1) is 11.2. The Morgan fingerprint density at radius 1 is 1.39 bits per heavy atom. The van der Waals surface area contributed by atoms with Crippen LogP contribution in [0.15, 0.2) is 29.6 Å². The van der Waals surface area contributed by atoms with E-state index in [1.54, 1.807) is 18.4 Å². The zero-order valence-corrected chi connectivity index (χ0v) is 14.4. The van der Waals surface area contributed by atoms with Gasteiger partial charge >= 0.3 is 0 Å². The van der Waals surface area contributed by atoms with Gasteiger partial charge in [-0.2, -0.15) is 0 Å². The second-order valence-electron chi connectivity index (χ2n) is 6.15. The minimum atomic E-state index is 0.0776. The lowest BCUT2D eigenvalue weighted by atomic mass is 10.0. The van der Waals surface area contributed by atoms with Crippen molar-refractivity contribution in [3.63, 3.8) is 0 Å². The van der Waals surface area contributed by atoms with Gasteiger partial charge in [-0.1, -0.05) is 19.1 Å². The molecule has 5 heteroatoms. The molecule has 1 amide bonds. The van der Waals surface area contributed by atoms with E-state index in [2.05, 4.69) is 11.9 Å². The lowest BCUT2D eigenvalue weighted by Crippen LogP contribution is -2.39. The van der Waals surface area contributed by atoms with E-state index in [1.165, 1.54) is 12.0 Å². The molecule has 1 aromatic heterocycles. The summed E-state index contributed by atoms with van der Waals surface area (Å²) in [6.07, 6.45) is 3.05. The van der Waals surface area contributed by atoms with E-state index >= 15 is 0 Å². The topological polar surface area (TPSA) is 42.4 Å². The molecule has 1 saturated heterocycles. The van der Waals surface area contributed by atoms with Gasteiger partial charge in [0.25, 0.3) is 5.91 Å². The number of hydrogen-bond acceptors (Lipinski definition) is 4. The minimum absolute atomic E-state index is 0.0776. The van der Waals surface area contributed by atoms with Crippen LogP contribution in [0.1, 0.15) is 40.8 Å². The van der Waals surface area contributed by atoms with Gasteiger partial charge in [0, 0.05) is 24.9 Å². The zero-order chi connectivity index (χ0) is 16.2. The third kappa shape index (κ3) is 3.91. The number of rotatable bonds is 4. The Balaban J connectivity index is 1.66. The molecule has 4 nitrogen and oxygen atoms in total. The van der Waals surface area contributed by atoms with E-state index in [4.69, 9.17) is 4.74 Å². The number of hydrogen-bond donors (Lipinski definition) is 0. The van der Waals surface area contributed by atoms with Crippen LogP contribution in [0.2, 0.25) is 0 Å². The number of nitrogens with zero attached hydrogens (tertiary/aromatic N) is 2. The van der Waals surface area contributed by atoms with Gasteiger partial charge in [0.15, 0.2) is 0 Å². The van der Waals surface area contributed by atoms with Gasteiger partial charge in [0.05, 0.1) is 12.1 Å². The van der Waals surface area contributed by atoms with E-state index in [-0.39, 0.29) is 5.91 Å². The number of likely N-dealkylation sites (tertiary alicyclic amines) is 1. The summed E-state index contributed by atoms with van der Waals surface area (Å²) in [5, 5.41) is 2.86. The van der Waals surface area contributed by atoms with Gasteiger partial charge in [-0.15, -0.1) is 11.3 Å². The maximum Gasteiger partial charge on any atom is 0.273 e. The van der Waals surface area contributed by atoms with Crippen LogP contribution in [0.3, 0.4) is 0 Å². The third-order valence-electron chi connectivity index (χ3n) is 4.23. The van der Waals surface area contributed by atoms with Gasteiger partial charge in [0.2, 0.25) is 0 Å². The number of piperidine rings is 1. The Labute approximate surface area is 141 Å². The Hall–Kier alpha value is -1.88. The number of thiazole rings is 1. The van der Waals surface area contributed by atoms with Crippen molar-refractivity contribution in [1.82, 2.24) is 9.88 Å². The summed E-state index contributed by atoms with van der Waals surface area (Å²) in [5.74, 6) is 1.52. The predicted molar refractivity (Wildman–Crippen MR) is 92.2 cm³/mol. The van der Waals surface area contributed by atoms with E-state index in [1.807, 2.05) is 34.5 Å². The van der Waals surface area contributed by atoms with Crippen molar-refractivity contribution < 1.29 is 9.53 Å². The predicted octanol–water partition coefficient (Wildman–Crippen LogP) is 3.61. The number of benzene rings is 1. The van der Waals surface area contributed by atoms with Gasteiger partial charge in [0.1, 0.15) is 11.4 Å². The van der Waals surface area contributed by atoms with Crippen LogP contribution in [-0.2, 0) is 6.42 Å². The fraction of sp³-hybridized carbons (Fsp3) is 0.444. The van der Waals surface area contributed by atoms with E-state index in [9.17, 15) is 4.79 Å². The molecule has 2 heterocycles. The highest BCUT2D eigenvalue weighted by atomic mass is 32.1. The largest absolute Gasteiger partial charge is 0.497 e. The molecule has 1 unspecified atom stereocenters. The summed E-state index contributed by atoms with van der Waals surface area (Å²) in [6.45, 7) is 3.91. The average molecular weight is 330 g/mol. The fourth-order valence-electron chi connectivity index (χ4n) is 2.94. The molecule has 1 fully saturated rings. The van der Waals surface area contributed by atoms with Crippen LogP contribution in [0.4, 0.5) is 0 Å². The molecule has 1 aliphatic rings. The maximum atomic E-state index is 12.5. The average Bonchev–Trinajstić information content (AvgIpc) is 3.03. The monoisotopic (exact) mass is 330 g/mol. The summed E-state index contributed by atoms with van der Waals surface area (Å²) in [6, 6.07) is 7.97. The van der Waals surface area contributed by atoms with E-state index in [0.29, 0.717) is 11.6 Å². The molecule has 0 saturated carbocycles. The minimum Gasteiger partial charge on any atom is -0.497 e. The molecule has 1 aromatic carbocycles. The second-order valence-corrected chi connectivity index (χ2v) is 7.09. The van der Waals surface area contributed by atoms with Crippen LogP contribution in [0.5, 0.6) is 5.75 Å². The van der Waals surface area contributed by atoms with Crippen molar-refractivity contribution in [3.05, 3.63) is 45.9 Å². The standard InChI is InChI=1S/C18H22N2O2S/c1-13-4-3-9-20(11-13)18(21)16-12-23-17(19-16)10-14-5-7-15(22-2)8-6-14/h5-8,12-13H,3-4,9-11H2,1-2H3. The molecule has 0 N–H and O–H groups in total. The molecule has 2 aromatic rings. The van der Waals surface area contributed by atoms with Gasteiger partial charge in [-0.05, 0) is 36.5 Å². The molecule has 0 aliphatic carbocycles. The lowest BCUT2D eigenvalue weighted by molar-refractivity contribution is 0.0677. The molecule has 1 atom stereocenters. The molecular formula is C18H22N2O2S. The summed E-state index contributed by atoms with van der Waals surface area (Å²) >= 11 is 1.56. The Bertz CT molecular complexity index is 666. The van der Waals surface area contributed by atoms with Gasteiger partial charge in [-0.25, -0.2) is 4.98 Å². The van der Waals surface area contributed by atoms with E-state index in [0.717, 1.165) is 36.7 Å². The first-order valence-corrected chi connectivity index (χ1v) is 8.90. The number of amides is 1. The van der Waals surface area contributed by atoms with Crippen LogP contribution in [-0.4, -0.2) is 36.0 Å². The van der Waals surface area contributed by atoms with Crippen LogP contribution < -0.4 is 4.74 Å². The van der Waals surface area contributed by atoms with Crippen molar-refractivity contribution in [2.45, 2.75) is 26.2 Å². The van der Waals surface area contributed by atoms with Gasteiger partial charge in [-0.3, -0.25) is 4.79 Å². The van der Waals surface area contributed by atoms with Crippen LogP contribution in [0, 0.1) is 5.92 Å². The first-order valence-electron chi connectivity index (χ1n) is 8.02. The van der Waals surface area contributed by atoms with Crippen molar-refractivity contribution >= 4 is 17.2 Å². The summed E-state index contributed by atoms with van der Waals surface area (Å²) < 4.78 is 5.17. The highest BCUT2D eigenvalue weighted by molar-refractivity contribution is 7.09. The Morgan fingerprint density at radius 3 is 2.87 bits per heavy atom. The number of carbonyl (C=O) groups is 1. The fourth-order valence-corrected chi connectivity index (χ4v) is 3.75. The Kier molecular flexibility index (Phi) is 4.96. The normalized spacial score (nSPS) is 18.0. The first kappa shape index (κ1) is 16.0. The van der Waals surface area contributed by atoms with Crippen molar-refractivity contribution in [2.75, 3.05) is 20.2 Å². The molecule has 0 radical (unpaired) electrons. The van der Waals surface area contributed by atoms with Crippen molar-refractivity contribution in [1.29, 1.82) is 0 Å². The van der Waals surface area contributed by atoms with Crippen LogP contribution >= 0.6 is 11.3 Å². The molecular weight excluding hydrogens is 308 g/mol. The molecule has 23 heavy (non-hydrogen) atoms. The number of methoxy groups -OCH3 is 1. The smallest absolute Gasteiger partial charge is 0.273 e. The molecule has 3 rings (SSSR count). The van der Waals surface area contributed by atoms with Gasteiger partial charge < -0.3 is 9.64 Å². The van der Waals surface area contributed by atoms with E-state index < -0.39 is 0 Å². The lowest BCUT2D eigenvalue weighted by Gasteiger charge is -2.30. The highest BCUT2D eigenvalue weighted by Crippen LogP contribution is 2.21. The highest BCUT2D eigenvalue weighted by Gasteiger charge is 2.23. The number of carbonyl (C=O) groups excluding carboxylic acids is 1. The SMILES string of the molecule is COc1ccc(Cc2nc(C(=O)N3CCCC(C)C3)cs2)cc1. The van der Waals surface area contributed by atoms with Crippen LogP contribution in [0.25, 0.3) is 0 Å². The molecule has 1 aliphatic heterocycles. The Morgan fingerprint density at radius 2 is 2.17 bits per heavy atom. The molecule has 122 valence electrons. The summed E-state index contributed by atoms with van der Waals surface area (Å²) in [7, 11) is 1.66. The molecule has 0 bridgehead atoms. The van der Waals surface area contributed by atoms with Crippen molar-refractivity contribution in [2.24, 2.45) is 5.92 Å². The summed E-state index contributed by atoms with van der Waals surface area (Å²) in [5.41, 5.74) is 1.76. The number of aromatic nitrogens is 1. The maximum absolute atomic E-state index is 12.5. The zero-order valence-electron chi connectivity index (χ0n) is 13.6. The second kappa shape index (κ2) is 7.13. The molecule has 0 spiro atoms. The third-order valence-corrected chi connectivity index (χ3v) is 5.08. The quantitative estimate of drug-likeness (QED) is 0.860. The van der Waals surface area contributed by atoms with Crippen molar-refractivity contribution in [3.8, 4) is 5.75 Å². The summed E-state index contributed by atoms with van der Waals surface area (Å²) in [4.78, 5) is 19.0. The number of ether oxygens (including phenoxy) is 1.